The van der Waals surface area contributed by atoms with Gasteiger partial charge in [-0.3, -0.25) is 0 Å². The standard InChI is InChI=1S/C16H13ClN2O2/c1-20-13-9-7-12(8-10-13)15-18-16(21-19-15)14(17)11-5-3-2-4-6-11/h2-10,14H,1H3. The molecule has 106 valence electrons. The Bertz CT molecular complexity index is 711. The quantitative estimate of drug-likeness (QED) is 0.681. The van der Waals surface area contributed by atoms with Crippen molar-refractivity contribution in [3.8, 4) is 17.1 Å². The molecule has 0 aliphatic heterocycles. The first kappa shape index (κ1) is 13.6. The van der Waals surface area contributed by atoms with Gasteiger partial charge in [-0.2, -0.15) is 4.98 Å². The zero-order valence-electron chi connectivity index (χ0n) is 11.4. The summed E-state index contributed by atoms with van der Waals surface area (Å²) in [6.07, 6.45) is 0. The molecule has 2 aromatic carbocycles. The summed E-state index contributed by atoms with van der Waals surface area (Å²) in [4.78, 5) is 4.36. The molecule has 0 fully saturated rings. The van der Waals surface area contributed by atoms with E-state index >= 15 is 0 Å². The van der Waals surface area contributed by atoms with Crippen molar-refractivity contribution in [3.05, 3.63) is 66.1 Å². The predicted octanol–water partition coefficient (Wildman–Crippen LogP) is 4.07. The van der Waals surface area contributed by atoms with E-state index < -0.39 is 5.38 Å². The summed E-state index contributed by atoms with van der Waals surface area (Å²) in [5.74, 6) is 1.67. The molecule has 0 saturated heterocycles. The molecule has 1 aromatic heterocycles. The molecule has 0 radical (unpaired) electrons. The van der Waals surface area contributed by atoms with Gasteiger partial charge in [-0.1, -0.05) is 35.5 Å². The number of ether oxygens (including phenoxy) is 1. The second kappa shape index (κ2) is 5.97. The highest BCUT2D eigenvalue weighted by Crippen LogP contribution is 2.29. The van der Waals surface area contributed by atoms with E-state index in [0.717, 1.165) is 16.9 Å². The van der Waals surface area contributed by atoms with Crippen LogP contribution in [0.3, 0.4) is 0 Å². The van der Waals surface area contributed by atoms with Crippen LogP contribution in [-0.2, 0) is 0 Å². The minimum absolute atomic E-state index is 0.383. The van der Waals surface area contributed by atoms with Gasteiger partial charge < -0.3 is 9.26 Å². The van der Waals surface area contributed by atoms with Crippen molar-refractivity contribution in [2.24, 2.45) is 0 Å². The lowest BCUT2D eigenvalue weighted by molar-refractivity contribution is 0.383. The maximum Gasteiger partial charge on any atom is 0.249 e. The first-order valence-corrected chi connectivity index (χ1v) is 6.88. The monoisotopic (exact) mass is 300 g/mol. The molecule has 21 heavy (non-hydrogen) atoms. The molecule has 0 spiro atoms. The number of nitrogens with zero attached hydrogens (tertiary/aromatic N) is 2. The molecule has 0 aliphatic carbocycles. The van der Waals surface area contributed by atoms with E-state index in [-0.39, 0.29) is 0 Å². The number of hydrogen-bond acceptors (Lipinski definition) is 4. The summed E-state index contributed by atoms with van der Waals surface area (Å²) >= 11 is 6.36. The summed E-state index contributed by atoms with van der Waals surface area (Å²) in [5, 5.41) is 3.52. The molecular weight excluding hydrogens is 288 g/mol. The normalized spacial score (nSPS) is 12.1. The van der Waals surface area contributed by atoms with E-state index in [9.17, 15) is 0 Å². The van der Waals surface area contributed by atoms with E-state index in [2.05, 4.69) is 10.1 Å². The molecule has 1 unspecified atom stereocenters. The van der Waals surface area contributed by atoms with Crippen molar-refractivity contribution in [2.75, 3.05) is 7.11 Å². The summed E-state index contributed by atoms with van der Waals surface area (Å²) in [6.45, 7) is 0. The van der Waals surface area contributed by atoms with Crippen LogP contribution < -0.4 is 4.74 Å². The van der Waals surface area contributed by atoms with Gasteiger partial charge in [0.1, 0.15) is 11.1 Å². The number of hydrogen-bond donors (Lipinski definition) is 0. The zero-order chi connectivity index (χ0) is 14.7. The van der Waals surface area contributed by atoms with Crippen molar-refractivity contribution in [1.29, 1.82) is 0 Å². The molecule has 0 N–H and O–H groups in total. The van der Waals surface area contributed by atoms with Gasteiger partial charge in [0.05, 0.1) is 7.11 Å². The summed E-state index contributed by atoms with van der Waals surface area (Å²) in [5.41, 5.74) is 1.77. The average molecular weight is 301 g/mol. The van der Waals surface area contributed by atoms with Gasteiger partial charge in [-0.15, -0.1) is 11.6 Å². The van der Waals surface area contributed by atoms with E-state index in [0.29, 0.717) is 11.7 Å². The van der Waals surface area contributed by atoms with Gasteiger partial charge in [-0.25, -0.2) is 0 Å². The highest BCUT2D eigenvalue weighted by atomic mass is 35.5. The van der Waals surface area contributed by atoms with Crippen molar-refractivity contribution in [3.63, 3.8) is 0 Å². The molecule has 3 aromatic rings. The lowest BCUT2D eigenvalue weighted by Crippen LogP contribution is -1.93. The van der Waals surface area contributed by atoms with Crippen LogP contribution >= 0.6 is 11.6 Å². The fourth-order valence-corrected chi connectivity index (χ4v) is 2.19. The predicted molar refractivity (Wildman–Crippen MR) is 80.4 cm³/mol. The van der Waals surface area contributed by atoms with Crippen molar-refractivity contribution in [1.82, 2.24) is 10.1 Å². The van der Waals surface area contributed by atoms with Gasteiger partial charge in [0.25, 0.3) is 0 Å². The van der Waals surface area contributed by atoms with Crippen LogP contribution in [0.4, 0.5) is 0 Å². The lowest BCUT2D eigenvalue weighted by Gasteiger charge is -2.03. The molecule has 0 saturated carbocycles. The Balaban J connectivity index is 1.85. The minimum atomic E-state index is -0.453. The second-order valence-electron chi connectivity index (χ2n) is 4.46. The summed E-state index contributed by atoms with van der Waals surface area (Å²) < 4.78 is 10.4. The molecule has 0 amide bonds. The Kier molecular flexibility index (Phi) is 3.88. The van der Waals surface area contributed by atoms with E-state index in [1.54, 1.807) is 7.11 Å². The topological polar surface area (TPSA) is 48.2 Å². The van der Waals surface area contributed by atoms with Gasteiger partial charge in [0.2, 0.25) is 11.7 Å². The van der Waals surface area contributed by atoms with Crippen LogP contribution in [0, 0.1) is 0 Å². The Morgan fingerprint density at radius 3 is 2.43 bits per heavy atom. The Morgan fingerprint density at radius 2 is 1.76 bits per heavy atom. The molecule has 0 bridgehead atoms. The fourth-order valence-electron chi connectivity index (χ4n) is 1.96. The average Bonchev–Trinajstić information content (AvgIpc) is 3.05. The number of rotatable bonds is 4. The fraction of sp³-hybridized carbons (Fsp3) is 0.125. The van der Waals surface area contributed by atoms with E-state index in [1.807, 2.05) is 54.6 Å². The molecule has 4 nitrogen and oxygen atoms in total. The van der Waals surface area contributed by atoms with Crippen molar-refractivity contribution in [2.45, 2.75) is 5.38 Å². The van der Waals surface area contributed by atoms with Crippen LogP contribution in [0.15, 0.2) is 59.1 Å². The maximum atomic E-state index is 6.36. The third-order valence-corrected chi connectivity index (χ3v) is 3.54. The minimum Gasteiger partial charge on any atom is -0.497 e. The first-order valence-electron chi connectivity index (χ1n) is 6.45. The third kappa shape index (κ3) is 2.90. The van der Waals surface area contributed by atoms with E-state index in [4.69, 9.17) is 20.9 Å². The number of halogens is 1. The first-order chi connectivity index (χ1) is 10.3. The highest BCUT2D eigenvalue weighted by molar-refractivity contribution is 6.22. The van der Waals surface area contributed by atoms with Crippen LogP contribution in [0.2, 0.25) is 0 Å². The number of aromatic nitrogens is 2. The van der Waals surface area contributed by atoms with Crippen LogP contribution in [0.25, 0.3) is 11.4 Å². The lowest BCUT2D eigenvalue weighted by atomic mass is 10.1. The van der Waals surface area contributed by atoms with Crippen LogP contribution in [0.5, 0.6) is 5.75 Å². The number of methoxy groups -OCH3 is 1. The number of alkyl halides is 1. The third-order valence-electron chi connectivity index (χ3n) is 3.10. The summed E-state index contributed by atoms with van der Waals surface area (Å²) in [6, 6.07) is 17.1. The summed E-state index contributed by atoms with van der Waals surface area (Å²) in [7, 11) is 1.62. The smallest absolute Gasteiger partial charge is 0.249 e. The zero-order valence-corrected chi connectivity index (χ0v) is 12.1. The Morgan fingerprint density at radius 1 is 1.05 bits per heavy atom. The molecule has 1 atom stereocenters. The van der Waals surface area contributed by atoms with Crippen LogP contribution in [-0.4, -0.2) is 17.3 Å². The van der Waals surface area contributed by atoms with Gasteiger partial charge in [0, 0.05) is 5.56 Å². The molecular formula is C16H13ClN2O2. The van der Waals surface area contributed by atoms with Crippen molar-refractivity contribution >= 4 is 11.6 Å². The molecule has 5 heteroatoms. The van der Waals surface area contributed by atoms with Crippen LogP contribution in [0.1, 0.15) is 16.8 Å². The number of benzene rings is 2. The van der Waals surface area contributed by atoms with E-state index in [1.165, 1.54) is 0 Å². The molecule has 0 aliphatic rings. The Hall–Kier alpha value is -2.33. The SMILES string of the molecule is COc1ccc(-c2noc(C(Cl)c3ccccc3)n2)cc1. The van der Waals surface area contributed by atoms with Crippen molar-refractivity contribution < 1.29 is 9.26 Å². The highest BCUT2D eigenvalue weighted by Gasteiger charge is 2.18. The maximum absolute atomic E-state index is 6.36. The second-order valence-corrected chi connectivity index (χ2v) is 4.89. The van der Waals surface area contributed by atoms with Gasteiger partial charge >= 0.3 is 0 Å². The molecule has 1 heterocycles. The molecule has 3 rings (SSSR count). The largest absolute Gasteiger partial charge is 0.497 e. The Labute approximate surface area is 127 Å². The van der Waals surface area contributed by atoms with Gasteiger partial charge in [0.15, 0.2) is 0 Å². The van der Waals surface area contributed by atoms with Gasteiger partial charge in [-0.05, 0) is 29.8 Å².